The molecule has 2 heterocycles. The van der Waals surface area contributed by atoms with E-state index in [0.717, 1.165) is 16.7 Å². The molecule has 2 rings (SSSR count). The van der Waals surface area contributed by atoms with E-state index in [1.165, 1.54) is 0 Å². The maximum absolute atomic E-state index is 4.05. The molecule has 0 amide bonds. The summed E-state index contributed by atoms with van der Waals surface area (Å²) in [5.41, 5.74) is 1.93. The zero-order valence-corrected chi connectivity index (χ0v) is 5.63. The number of nitrogens with one attached hydrogen (secondary N) is 1. The molecule has 10 heavy (non-hydrogen) atoms. The SMILES string of the molecule is Cc1ncnc2[nH]bcc12. The van der Waals surface area contributed by atoms with Gasteiger partial charge in [-0.1, -0.05) is 0 Å². The van der Waals surface area contributed by atoms with Gasteiger partial charge >= 0.3 is 57.9 Å². The van der Waals surface area contributed by atoms with Crippen LogP contribution in [0.4, 0.5) is 0 Å². The van der Waals surface area contributed by atoms with Gasteiger partial charge < -0.3 is 0 Å². The summed E-state index contributed by atoms with van der Waals surface area (Å²) in [6, 6.07) is 0. The molecule has 0 aliphatic heterocycles. The normalized spacial score (nSPS) is 10.1. The van der Waals surface area contributed by atoms with E-state index in [9.17, 15) is 0 Å². The summed E-state index contributed by atoms with van der Waals surface area (Å²) >= 11 is 0. The fourth-order valence-electron chi connectivity index (χ4n) is 1.00. The molecule has 4 heteroatoms. The van der Waals surface area contributed by atoms with Crippen molar-refractivity contribution in [2.24, 2.45) is 0 Å². The number of hydrogen-bond acceptors (Lipinski definition) is 2. The van der Waals surface area contributed by atoms with Crippen LogP contribution in [-0.2, 0) is 0 Å². The van der Waals surface area contributed by atoms with E-state index >= 15 is 0 Å². The first kappa shape index (κ1) is 5.59. The molecule has 0 aliphatic carbocycles. The monoisotopic (exact) mass is 131 g/mol. The van der Waals surface area contributed by atoms with Crippen molar-refractivity contribution in [2.45, 2.75) is 6.92 Å². The summed E-state index contributed by atoms with van der Waals surface area (Å²) in [6.07, 6.45) is 1.56. The molecule has 2 aromatic rings. The van der Waals surface area contributed by atoms with Crippen molar-refractivity contribution in [1.29, 1.82) is 0 Å². The van der Waals surface area contributed by atoms with Crippen LogP contribution < -0.4 is 0 Å². The summed E-state index contributed by atoms with van der Waals surface area (Å²) in [6.45, 7) is 1.97. The quantitative estimate of drug-likeness (QED) is 0.568. The minimum atomic E-state index is 0.910. The van der Waals surface area contributed by atoms with E-state index in [4.69, 9.17) is 0 Å². The molecule has 48 valence electrons. The fourth-order valence-corrected chi connectivity index (χ4v) is 1.00. The van der Waals surface area contributed by atoms with Crippen molar-refractivity contribution >= 4 is 18.1 Å². The summed E-state index contributed by atoms with van der Waals surface area (Å²) in [7, 11) is 1.87. The number of rotatable bonds is 0. The first-order chi connectivity index (χ1) is 4.88. The van der Waals surface area contributed by atoms with Gasteiger partial charge in [-0.05, 0) is 0 Å². The molecule has 0 spiro atoms. The van der Waals surface area contributed by atoms with Gasteiger partial charge in [-0.25, -0.2) is 0 Å². The molecule has 0 atom stereocenters. The fraction of sp³-hybridized carbons (Fsp3) is 0.167. The molecular formula is C6H6BN3. The van der Waals surface area contributed by atoms with Crippen LogP contribution in [0, 0.1) is 6.92 Å². The Morgan fingerprint density at radius 1 is 1.50 bits per heavy atom. The minimum absolute atomic E-state index is 0.910. The Bertz CT molecular complexity index is 355. The Morgan fingerprint density at radius 2 is 2.40 bits per heavy atom. The van der Waals surface area contributed by atoms with E-state index in [2.05, 4.69) is 14.9 Å². The number of aryl methyl sites for hydroxylation is 1. The first-order valence-electron chi connectivity index (χ1n) is 3.12. The van der Waals surface area contributed by atoms with Gasteiger partial charge in [-0.2, -0.15) is 0 Å². The topological polar surface area (TPSA) is 41.6 Å². The number of hydrogen-bond donors (Lipinski definition) is 1. The standard InChI is InChI=1S/C6H6BN3/c1-4-5-2-7-10-6(5)9-3-8-4/h2-3H,1H3,(H,8,9,10). The van der Waals surface area contributed by atoms with Gasteiger partial charge in [0.2, 0.25) is 0 Å². The van der Waals surface area contributed by atoms with Crippen molar-refractivity contribution in [3.63, 3.8) is 0 Å². The Kier molecular flexibility index (Phi) is 1.06. The van der Waals surface area contributed by atoms with E-state index in [1.54, 1.807) is 6.33 Å². The van der Waals surface area contributed by atoms with Crippen LogP contribution >= 0.6 is 0 Å². The average Bonchev–Trinajstić information content (AvgIpc) is 2.36. The Hall–Kier alpha value is -1.19. The number of nitrogens with zero attached hydrogens (tertiary/aromatic N) is 2. The van der Waals surface area contributed by atoms with E-state index in [0.29, 0.717) is 0 Å². The van der Waals surface area contributed by atoms with Gasteiger partial charge in [0.05, 0.1) is 0 Å². The van der Waals surface area contributed by atoms with Gasteiger partial charge in [-0.15, -0.1) is 0 Å². The van der Waals surface area contributed by atoms with Gasteiger partial charge in [0.25, 0.3) is 0 Å². The average molecular weight is 131 g/mol. The van der Waals surface area contributed by atoms with Crippen LogP contribution in [0.25, 0.3) is 11.0 Å². The van der Waals surface area contributed by atoms with Crippen molar-refractivity contribution < 1.29 is 0 Å². The molecule has 0 aliphatic rings. The summed E-state index contributed by atoms with van der Waals surface area (Å²) < 4.78 is 0. The van der Waals surface area contributed by atoms with Crippen LogP contribution in [0.15, 0.2) is 12.3 Å². The maximum atomic E-state index is 4.05. The molecule has 0 radical (unpaired) electrons. The molecule has 2 aromatic heterocycles. The Balaban J connectivity index is 2.95. The predicted octanol–water partition coefficient (Wildman–Crippen LogP) is 0.604. The van der Waals surface area contributed by atoms with Gasteiger partial charge in [0.15, 0.2) is 0 Å². The number of aromatic nitrogens is 3. The first-order valence-corrected chi connectivity index (χ1v) is 3.12. The van der Waals surface area contributed by atoms with Crippen LogP contribution in [0.2, 0.25) is 0 Å². The number of aromatic amines is 1. The predicted molar refractivity (Wildman–Crippen MR) is 40.0 cm³/mol. The van der Waals surface area contributed by atoms with Crippen LogP contribution in [0.3, 0.4) is 0 Å². The molecule has 0 saturated heterocycles. The van der Waals surface area contributed by atoms with Crippen molar-refractivity contribution in [3.05, 3.63) is 18.0 Å². The molecule has 0 saturated carbocycles. The number of H-pyrrole nitrogens is 1. The number of fused-ring (bicyclic) bond motifs is 1. The molecule has 0 bridgehead atoms. The zero-order valence-electron chi connectivity index (χ0n) is 5.63. The molecule has 0 aromatic carbocycles. The van der Waals surface area contributed by atoms with Gasteiger partial charge in [0, 0.05) is 0 Å². The molecular weight excluding hydrogens is 125 g/mol. The summed E-state index contributed by atoms with van der Waals surface area (Å²) in [5.74, 6) is 1.98. The molecule has 0 fully saturated rings. The van der Waals surface area contributed by atoms with Gasteiger partial charge in [-0.3, -0.25) is 0 Å². The van der Waals surface area contributed by atoms with Crippen LogP contribution in [-0.4, -0.2) is 21.9 Å². The summed E-state index contributed by atoms with van der Waals surface area (Å²) in [5, 5.41) is 1.10. The third kappa shape index (κ3) is 0.651. The Labute approximate surface area is 58.7 Å². The van der Waals surface area contributed by atoms with Crippen molar-refractivity contribution in [3.8, 4) is 0 Å². The van der Waals surface area contributed by atoms with Gasteiger partial charge in [0.1, 0.15) is 0 Å². The molecule has 3 nitrogen and oxygen atoms in total. The van der Waals surface area contributed by atoms with Crippen LogP contribution in [0.5, 0.6) is 0 Å². The second kappa shape index (κ2) is 1.90. The Morgan fingerprint density at radius 3 is 3.20 bits per heavy atom. The molecule has 0 unspecified atom stereocenters. The third-order valence-electron chi connectivity index (χ3n) is 1.55. The van der Waals surface area contributed by atoms with E-state index < -0.39 is 0 Å². The summed E-state index contributed by atoms with van der Waals surface area (Å²) in [4.78, 5) is 11.1. The van der Waals surface area contributed by atoms with E-state index in [-0.39, 0.29) is 0 Å². The third-order valence-corrected chi connectivity index (χ3v) is 1.55. The van der Waals surface area contributed by atoms with Crippen LogP contribution in [0.1, 0.15) is 5.69 Å². The van der Waals surface area contributed by atoms with E-state index in [1.807, 2.05) is 19.9 Å². The zero-order chi connectivity index (χ0) is 6.97. The second-order valence-electron chi connectivity index (χ2n) is 2.20. The van der Waals surface area contributed by atoms with Crippen molar-refractivity contribution in [1.82, 2.24) is 14.9 Å². The van der Waals surface area contributed by atoms with Crippen molar-refractivity contribution in [2.75, 3.05) is 0 Å². The molecule has 1 N–H and O–H groups in total. The second-order valence-corrected chi connectivity index (χ2v) is 2.20.